The summed E-state index contributed by atoms with van der Waals surface area (Å²) >= 11 is 0. The number of rotatable bonds is 4. The van der Waals surface area contributed by atoms with Gasteiger partial charge in [-0.3, -0.25) is 0 Å². The second-order valence-corrected chi connectivity index (χ2v) is 4.92. The smallest absolute Gasteiger partial charge is 0.387 e. The van der Waals surface area contributed by atoms with E-state index in [9.17, 15) is 8.78 Å². The van der Waals surface area contributed by atoms with E-state index in [1.54, 1.807) is 24.3 Å². The molecule has 0 bridgehead atoms. The van der Waals surface area contributed by atoms with Crippen LogP contribution < -0.4 is 10.1 Å². The summed E-state index contributed by atoms with van der Waals surface area (Å²) < 4.78 is 28.3. The molecular weight excluding hydrogens is 236 g/mol. The van der Waals surface area contributed by atoms with Crippen LogP contribution in [0.3, 0.4) is 0 Å². The van der Waals surface area contributed by atoms with Crippen LogP contribution in [0.2, 0.25) is 0 Å². The average Bonchev–Trinajstić information content (AvgIpc) is 2.34. The summed E-state index contributed by atoms with van der Waals surface area (Å²) in [5.41, 5.74) is 0.968. The maximum Gasteiger partial charge on any atom is 0.387 e. The van der Waals surface area contributed by atoms with E-state index in [0.717, 1.165) is 5.69 Å². The van der Waals surface area contributed by atoms with Crippen LogP contribution in [0, 0.1) is 5.92 Å². The van der Waals surface area contributed by atoms with E-state index in [2.05, 4.69) is 17.0 Å². The quantitative estimate of drug-likeness (QED) is 0.867. The van der Waals surface area contributed by atoms with Crippen molar-refractivity contribution in [2.75, 3.05) is 5.32 Å². The van der Waals surface area contributed by atoms with E-state index < -0.39 is 6.61 Å². The van der Waals surface area contributed by atoms with E-state index in [0.29, 0.717) is 12.0 Å². The summed E-state index contributed by atoms with van der Waals surface area (Å²) in [6.07, 6.45) is 5.00. The van der Waals surface area contributed by atoms with Crippen LogP contribution in [0.1, 0.15) is 32.6 Å². The zero-order valence-electron chi connectivity index (χ0n) is 10.5. The highest BCUT2D eigenvalue weighted by Gasteiger charge is 2.20. The van der Waals surface area contributed by atoms with Gasteiger partial charge < -0.3 is 10.1 Å². The maximum atomic E-state index is 12.0. The van der Waals surface area contributed by atoms with Gasteiger partial charge in [0.1, 0.15) is 5.75 Å². The largest absolute Gasteiger partial charge is 0.435 e. The molecule has 2 unspecified atom stereocenters. The molecule has 0 amide bonds. The monoisotopic (exact) mass is 255 g/mol. The minimum absolute atomic E-state index is 0.201. The first kappa shape index (κ1) is 13.1. The number of hydrogen-bond acceptors (Lipinski definition) is 2. The van der Waals surface area contributed by atoms with E-state index in [1.807, 2.05) is 0 Å². The molecule has 4 heteroatoms. The number of hydrogen-bond donors (Lipinski definition) is 1. The van der Waals surface area contributed by atoms with Crippen molar-refractivity contribution in [1.29, 1.82) is 0 Å². The number of ether oxygens (including phenoxy) is 1. The molecule has 1 fully saturated rings. The Kier molecular flexibility index (Phi) is 4.39. The maximum absolute atomic E-state index is 12.0. The second kappa shape index (κ2) is 6.03. The fraction of sp³-hybridized carbons (Fsp3) is 0.571. The standard InChI is InChI=1S/C14H19F2NO/c1-10-4-2-3-5-13(10)17-11-6-8-12(9-7-11)18-14(15)16/h6-10,13-14,17H,2-5H2,1H3. The van der Waals surface area contributed by atoms with E-state index in [1.165, 1.54) is 25.7 Å². The van der Waals surface area contributed by atoms with Crippen molar-refractivity contribution in [2.24, 2.45) is 5.92 Å². The van der Waals surface area contributed by atoms with Gasteiger partial charge in [0.2, 0.25) is 0 Å². The third-order valence-electron chi connectivity index (χ3n) is 3.54. The predicted octanol–water partition coefficient (Wildman–Crippen LogP) is 4.28. The molecule has 0 saturated heterocycles. The Bertz CT molecular complexity index is 367. The molecule has 0 aromatic heterocycles. The summed E-state index contributed by atoms with van der Waals surface area (Å²) in [7, 11) is 0. The number of nitrogens with one attached hydrogen (secondary N) is 1. The van der Waals surface area contributed by atoms with Gasteiger partial charge in [0.15, 0.2) is 0 Å². The number of anilines is 1. The third-order valence-corrected chi connectivity index (χ3v) is 3.54. The van der Waals surface area contributed by atoms with Gasteiger partial charge in [-0.1, -0.05) is 19.8 Å². The molecule has 2 nitrogen and oxygen atoms in total. The molecule has 0 spiro atoms. The summed E-state index contributed by atoms with van der Waals surface area (Å²) in [6.45, 7) is -0.507. The third kappa shape index (κ3) is 3.59. The fourth-order valence-electron chi connectivity index (χ4n) is 2.48. The second-order valence-electron chi connectivity index (χ2n) is 4.92. The summed E-state index contributed by atoms with van der Waals surface area (Å²) in [5.74, 6) is 0.864. The molecule has 0 heterocycles. The lowest BCUT2D eigenvalue weighted by Gasteiger charge is -2.30. The SMILES string of the molecule is CC1CCCCC1Nc1ccc(OC(F)F)cc1. The Morgan fingerprint density at radius 3 is 2.44 bits per heavy atom. The van der Waals surface area contributed by atoms with Crippen molar-refractivity contribution in [2.45, 2.75) is 45.3 Å². The highest BCUT2D eigenvalue weighted by Crippen LogP contribution is 2.27. The number of halogens is 2. The molecule has 0 radical (unpaired) electrons. The molecule has 100 valence electrons. The Balaban J connectivity index is 1.93. The molecule has 1 aromatic carbocycles. The molecule has 1 saturated carbocycles. The van der Waals surface area contributed by atoms with Gasteiger partial charge in [0.25, 0.3) is 0 Å². The van der Waals surface area contributed by atoms with Crippen LogP contribution in [0.15, 0.2) is 24.3 Å². The van der Waals surface area contributed by atoms with Gasteiger partial charge in [-0.25, -0.2) is 0 Å². The summed E-state index contributed by atoms with van der Waals surface area (Å²) in [4.78, 5) is 0. The predicted molar refractivity (Wildman–Crippen MR) is 68.1 cm³/mol. The molecular formula is C14H19F2NO. The lowest BCUT2D eigenvalue weighted by molar-refractivity contribution is -0.0498. The van der Waals surface area contributed by atoms with Gasteiger partial charge in [-0.15, -0.1) is 0 Å². The van der Waals surface area contributed by atoms with Gasteiger partial charge >= 0.3 is 6.61 Å². The molecule has 1 aliphatic carbocycles. The van der Waals surface area contributed by atoms with Crippen LogP contribution in [0.4, 0.5) is 14.5 Å². The van der Waals surface area contributed by atoms with Gasteiger partial charge in [-0.05, 0) is 43.0 Å². The van der Waals surface area contributed by atoms with Crippen molar-refractivity contribution >= 4 is 5.69 Å². The van der Waals surface area contributed by atoms with E-state index in [-0.39, 0.29) is 5.75 Å². The molecule has 1 aromatic rings. The lowest BCUT2D eigenvalue weighted by atomic mass is 9.86. The van der Waals surface area contributed by atoms with Gasteiger partial charge in [0.05, 0.1) is 0 Å². The molecule has 0 aliphatic heterocycles. The lowest BCUT2D eigenvalue weighted by Crippen LogP contribution is -2.30. The van der Waals surface area contributed by atoms with Crippen LogP contribution in [-0.4, -0.2) is 12.7 Å². The minimum atomic E-state index is -2.76. The molecule has 1 N–H and O–H groups in total. The Hall–Kier alpha value is -1.32. The topological polar surface area (TPSA) is 21.3 Å². The Morgan fingerprint density at radius 2 is 1.83 bits per heavy atom. The first-order valence-electron chi connectivity index (χ1n) is 6.46. The van der Waals surface area contributed by atoms with Crippen molar-refractivity contribution in [1.82, 2.24) is 0 Å². The Morgan fingerprint density at radius 1 is 1.17 bits per heavy atom. The van der Waals surface area contributed by atoms with Crippen molar-refractivity contribution < 1.29 is 13.5 Å². The van der Waals surface area contributed by atoms with E-state index in [4.69, 9.17) is 0 Å². The summed E-state index contributed by atoms with van der Waals surface area (Å²) in [6, 6.07) is 7.21. The van der Waals surface area contributed by atoms with Crippen LogP contribution in [-0.2, 0) is 0 Å². The first-order valence-corrected chi connectivity index (χ1v) is 6.46. The molecule has 2 atom stereocenters. The van der Waals surface area contributed by atoms with E-state index >= 15 is 0 Å². The minimum Gasteiger partial charge on any atom is -0.435 e. The highest BCUT2D eigenvalue weighted by molar-refractivity contribution is 5.47. The highest BCUT2D eigenvalue weighted by atomic mass is 19.3. The fourth-order valence-corrected chi connectivity index (χ4v) is 2.48. The zero-order chi connectivity index (χ0) is 13.0. The van der Waals surface area contributed by atoms with Crippen LogP contribution >= 0.6 is 0 Å². The summed E-state index contributed by atoms with van der Waals surface area (Å²) in [5, 5.41) is 3.47. The zero-order valence-corrected chi connectivity index (χ0v) is 10.5. The first-order chi connectivity index (χ1) is 8.65. The normalized spacial score (nSPS) is 24.0. The van der Waals surface area contributed by atoms with Crippen molar-refractivity contribution in [3.8, 4) is 5.75 Å². The molecule has 18 heavy (non-hydrogen) atoms. The molecule has 2 rings (SSSR count). The van der Waals surface area contributed by atoms with Gasteiger partial charge in [-0.2, -0.15) is 8.78 Å². The number of alkyl halides is 2. The Labute approximate surface area is 106 Å². The molecule has 1 aliphatic rings. The van der Waals surface area contributed by atoms with Crippen LogP contribution in [0.25, 0.3) is 0 Å². The van der Waals surface area contributed by atoms with Crippen molar-refractivity contribution in [3.05, 3.63) is 24.3 Å². The van der Waals surface area contributed by atoms with Gasteiger partial charge in [0, 0.05) is 11.7 Å². The van der Waals surface area contributed by atoms with Crippen molar-refractivity contribution in [3.63, 3.8) is 0 Å². The van der Waals surface area contributed by atoms with Crippen LogP contribution in [0.5, 0.6) is 5.75 Å². The average molecular weight is 255 g/mol. The number of benzene rings is 1.